The number of thiocarbonyl (C=S) groups is 1. The summed E-state index contributed by atoms with van der Waals surface area (Å²) in [6.45, 7) is 0. The van der Waals surface area contributed by atoms with Crippen molar-refractivity contribution in [3.63, 3.8) is 0 Å². The molecule has 18 heavy (non-hydrogen) atoms. The van der Waals surface area contributed by atoms with Gasteiger partial charge in [0.05, 0.1) is 0 Å². The third-order valence-electron chi connectivity index (χ3n) is 4.16. The van der Waals surface area contributed by atoms with Crippen LogP contribution in [0.15, 0.2) is 24.3 Å². The van der Waals surface area contributed by atoms with E-state index in [2.05, 4.69) is 10.6 Å². The van der Waals surface area contributed by atoms with Gasteiger partial charge in [-0.05, 0) is 67.6 Å². The summed E-state index contributed by atoms with van der Waals surface area (Å²) in [6, 6.07) is 6.79. The Morgan fingerprint density at radius 2 is 1.94 bits per heavy atom. The van der Waals surface area contributed by atoms with Gasteiger partial charge >= 0.3 is 0 Å². The molecular formula is C14H17FN2S. The van der Waals surface area contributed by atoms with Crippen LogP contribution in [0.3, 0.4) is 0 Å². The second kappa shape index (κ2) is 4.84. The van der Waals surface area contributed by atoms with Crippen molar-refractivity contribution < 1.29 is 4.39 Å². The lowest BCUT2D eigenvalue weighted by atomic mass is 9.96. The van der Waals surface area contributed by atoms with E-state index in [4.69, 9.17) is 12.2 Å². The molecule has 4 heteroatoms. The maximum absolute atomic E-state index is 12.8. The predicted molar refractivity (Wildman–Crippen MR) is 75.0 cm³/mol. The van der Waals surface area contributed by atoms with Crippen molar-refractivity contribution in [2.24, 2.45) is 11.8 Å². The summed E-state index contributed by atoms with van der Waals surface area (Å²) in [6.07, 6.45) is 5.33. The Morgan fingerprint density at radius 3 is 2.56 bits per heavy atom. The molecule has 96 valence electrons. The SMILES string of the molecule is Fc1ccc(NC(=S)N[C@H]2C[C@H]3CC[C@@H]2C3)cc1. The van der Waals surface area contributed by atoms with Crippen LogP contribution >= 0.6 is 12.2 Å². The molecule has 2 fully saturated rings. The first-order chi connectivity index (χ1) is 8.70. The maximum atomic E-state index is 12.8. The fourth-order valence-corrected chi connectivity index (χ4v) is 3.56. The Kier molecular flexibility index (Phi) is 3.20. The molecule has 1 aromatic rings. The Morgan fingerprint density at radius 1 is 1.17 bits per heavy atom. The highest BCUT2D eigenvalue weighted by atomic mass is 32.1. The number of hydrogen-bond acceptors (Lipinski definition) is 1. The van der Waals surface area contributed by atoms with E-state index in [0.717, 1.165) is 17.5 Å². The van der Waals surface area contributed by atoms with Gasteiger partial charge in [-0.25, -0.2) is 4.39 Å². The van der Waals surface area contributed by atoms with Crippen molar-refractivity contribution in [1.29, 1.82) is 0 Å². The quantitative estimate of drug-likeness (QED) is 0.801. The molecule has 2 aliphatic carbocycles. The van der Waals surface area contributed by atoms with E-state index in [1.165, 1.54) is 37.8 Å². The van der Waals surface area contributed by atoms with Crippen LogP contribution < -0.4 is 10.6 Å². The number of benzene rings is 1. The van der Waals surface area contributed by atoms with E-state index >= 15 is 0 Å². The van der Waals surface area contributed by atoms with Gasteiger partial charge in [0.15, 0.2) is 5.11 Å². The first kappa shape index (κ1) is 11.9. The zero-order valence-corrected chi connectivity index (χ0v) is 11.0. The van der Waals surface area contributed by atoms with Gasteiger partial charge in [0.2, 0.25) is 0 Å². The number of rotatable bonds is 2. The predicted octanol–water partition coefficient (Wildman–Crippen LogP) is 3.30. The molecule has 0 radical (unpaired) electrons. The van der Waals surface area contributed by atoms with Crippen LogP contribution in [0.4, 0.5) is 10.1 Å². The van der Waals surface area contributed by atoms with Gasteiger partial charge in [0.25, 0.3) is 0 Å². The number of fused-ring (bicyclic) bond motifs is 2. The minimum absolute atomic E-state index is 0.229. The molecule has 0 unspecified atom stereocenters. The third-order valence-corrected chi connectivity index (χ3v) is 4.38. The minimum atomic E-state index is -0.229. The third kappa shape index (κ3) is 2.48. The first-order valence-electron chi connectivity index (χ1n) is 6.54. The van der Waals surface area contributed by atoms with Gasteiger partial charge in [-0.1, -0.05) is 6.42 Å². The van der Waals surface area contributed by atoms with E-state index in [0.29, 0.717) is 11.2 Å². The second-order valence-corrected chi connectivity index (χ2v) is 5.79. The maximum Gasteiger partial charge on any atom is 0.171 e. The highest BCUT2D eigenvalue weighted by Crippen LogP contribution is 2.44. The monoisotopic (exact) mass is 264 g/mol. The van der Waals surface area contributed by atoms with Crippen molar-refractivity contribution >= 4 is 23.0 Å². The van der Waals surface area contributed by atoms with Crippen LogP contribution in [0.5, 0.6) is 0 Å². The second-order valence-electron chi connectivity index (χ2n) is 5.39. The highest BCUT2D eigenvalue weighted by Gasteiger charge is 2.39. The van der Waals surface area contributed by atoms with Crippen molar-refractivity contribution in [3.8, 4) is 0 Å². The van der Waals surface area contributed by atoms with Crippen LogP contribution in [0.2, 0.25) is 0 Å². The lowest BCUT2D eigenvalue weighted by Gasteiger charge is -2.24. The topological polar surface area (TPSA) is 24.1 Å². The van der Waals surface area contributed by atoms with Crippen LogP contribution in [0, 0.1) is 17.7 Å². The van der Waals surface area contributed by atoms with Gasteiger partial charge in [0, 0.05) is 11.7 Å². The molecule has 0 spiro atoms. The van der Waals surface area contributed by atoms with Crippen LogP contribution in [-0.4, -0.2) is 11.2 Å². The Hall–Kier alpha value is -1.16. The Labute approximate surface area is 112 Å². The molecule has 2 N–H and O–H groups in total. The van der Waals surface area contributed by atoms with Crippen molar-refractivity contribution in [3.05, 3.63) is 30.1 Å². The summed E-state index contributed by atoms with van der Waals surface area (Å²) in [5.74, 6) is 1.47. The van der Waals surface area contributed by atoms with E-state index < -0.39 is 0 Å². The summed E-state index contributed by atoms with van der Waals surface area (Å²) >= 11 is 5.31. The van der Waals surface area contributed by atoms with Crippen molar-refractivity contribution in [2.75, 3.05) is 5.32 Å². The fourth-order valence-electron chi connectivity index (χ4n) is 3.29. The smallest absolute Gasteiger partial charge is 0.171 e. The molecule has 2 aliphatic rings. The largest absolute Gasteiger partial charge is 0.359 e. The molecule has 2 nitrogen and oxygen atoms in total. The van der Waals surface area contributed by atoms with E-state index in [1.54, 1.807) is 12.1 Å². The Bertz CT molecular complexity index is 446. The van der Waals surface area contributed by atoms with Gasteiger partial charge in [-0.3, -0.25) is 0 Å². The molecule has 0 aromatic heterocycles. The van der Waals surface area contributed by atoms with Gasteiger partial charge in [-0.2, -0.15) is 0 Å². The van der Waals surface area contributed by atoms with Crippen LogP contribution in [0.1, 0.15) is 25.7 Å². The van der Waals surface area contributed by atoms with Gasteiger partial charge in [-0.15, -0.1) is 0 Å². The molecule has 0 aliphatic heterocycles. The van der Waals surface area contributed by atoms with E-state index in [9.17, 15) is 4.39 Å². The zero-order valence-electron chi connectivity index (χ0n) is 10.2. The van der Waals surface area contributed by atoms with Crippen LogP contribution in [-0.2, 0) is 0 Å². The first-order valence-corrected chi connectivity index (χ1v) is 6.94. The summed E-state index contributed by atoms with van der Waals surface area (Å²) < 4.78 is 12.8. The number of hydrogen-bond donors (Lipinski definition) is 2. The standard InChI is InChI=1S/C14H17FN2S/c15-11-3-5-12(6-4-11)16-14(18)17-13-8-9-1-2-10(13)7-9/h3-6,9-10,13H,1-2,7-8H2,(H2,16,17,18)/t9-,10+,13-/m0/s1. The van der Waals surface area contributed by atoms with Crippen LogP contribution in [0.25, 0.3) is 0 Å². The van der Waals surface area contributed by atoms with E-state index in [1.807, 2.05) is 0 Å². The van der Waals surface area contributed by atoms with Gasteiger partial charge in [0.1, 0.15) is 5.82 Å². The van der Waals surface area contributed by atoms with Crippen molar-refractivity contribution in [2.45, 2.75) is 31.7 Å². The number of halogens is 1. The summed E-state index contributed by atoms with van der Waals surface area (Å²) in [4.78, 5) is 0. The number of anilines is 1. The lowest BCUT2D eigenvalue weighted by Crippen LogP contribution is -2.40. The lowest BCUT2D eigenvalue weighted by molar-refractivity contribution is 0.392. The number of nitrogens with one attached hydrogen (secondary N) is 2. The van der Waals surface area contributed by atoms with E-state index in [-0.39, 0.29) is 5.82 Å². The fraction of sp³-hybridized carbons (Fsp3) is 0.500. The molecule has 2 bridgehead atoms. The highest BCUT2D eigenvalue weighted by molar-refractivity contribution is 7.80. The molecule has 0 heterocycles. The normalized spacial score (nSPS) is 29.3. The van der Waals surface area contributed by atoms with Crippen molar-refractivity contribution in [1.82, 2.24) is 5.32 Å². The average Bonchev–Trinajstić information content (AvgIpc) is 2.94. The van der Waals surface area contributed by atoms with Gasteiger partial charge < -0.3 is 10.6 Å². The molecule has 0 saturated heterocycles. The molecule has 0 amide bonds. The summed E-state index contributed by atoms with van der Waals surface area (Å²) in [7, 11) is 0. The molecule has 1 aromatic carbocycles. The molecular weight excluding hydrogens is 247 g/mol. The minimum Gasteiger partial charge on any atom is -0.359 e. The average molecular weight is 264 g/mol. The zero-order chi connectivity index (χ0) is 12.5. The molecule has 2 saturated carbocycles. The Balaban J connectivity index is 1.54. The molecule has 3 atom stereocenters. The molecule has 3 rings (SSSR count). The summed E-state index contributed by atoms with van der Waals surface area (Å²) in [5.41, 5.74) is 0.831. The summed E-state index contributed by atoms with van der Waals surface area (Å²) in [5, 5.41) is 7.16.